The molecule has 0 aromatic heterocycles. The summed E-state index contributed by atoms with van der Waals surface area (Å²) in [6.45, 7) is 2.80. The number of hydrogen-bond donors (Lipinski definition) is 2. The first-order valence-electron chi connectivity index (χ1n) is 5.89. The van der Waals surface area contributed by atoms with Crippen LogP contribution in [0.5, 0.6) is 5.75 Å². The monoisotopic (exact) mass is 245 g/mol. The van der Waals surface area contributed by atoms with Crippen LogP contribution >= 0.6 is 0 Å². The number of carbonyl (C=O) groups is 1. The average molecular weight is 245 g/mol. The van der Waals surface area contributed by atoms with Crippen LogP contribution in [0.1, 0.15) is 12.5 Å². The van der Waals surface area contributed by atoms with Crippen molar-refractivity contribution in [2.24, 2.45) is 0 Å². The molecule has 1 heterocycles. The number of nitriles is 1. The van der Waals surface area contributed by atoms with Gasteiger partial charge in [-0.25, -0.2) is 0 Å². The van der Waals surface area contributed by atoms with Gasteiger partial charge in [0.25, 0.3) is 5.91 Å². The van der Waals surface area contributed by atoms with E-state index < -0.39 is 6.10 Å². The molecule has 0 radical (unpaired) electrons. The Kier molecular flexibility index (Phi) is 3.80. The number of carbonyl (C=O) groups excluding carboxylic acids is 1. The van der Waals surface area contributed by atoms with E-state index in [9.17, 15) is 4.79 Å². The van der Waals surface area contributed by atoms with Gasteiger partial charge in [0.1, 0.15) is 5.75 Å². The third kappa shape index (κ3) is 2.79. The number of fused-ring (bicyclic) bond motifs is 1. The van der Waals surface area contributed by atoms with Gasteiger partial charge in [-0.15, -0.1) is 0 Å². The first-order valence-corrected chi connectivity index (χ1v) is 5.89. The third-order valence-corrected chi connectivity index (χ3v) is 2.77. The van der Waals surface area contributed by atoms with Crippen LogP contribution in [0.3, 0.4) is 0 Å². The Bertz CT molecular complexity index is 493. The highest BCUT2D eigenvalue weighted by atomic mass is 16.5. The topological polar surface area (TPSA) is 74.2 Å². The summed E-state index contributed by atoms with van der Waals surface area (Å²) in [5, 5.41) is 14.2. The Morgan fingerprint density at radius 2 is 2.39 bits per heavy atom. The van der Waals surface area contributed by atoms with Crippen molar-refractivity contribution in [2.75, 3.05) is 18.4 Å². The molecule has 0 aliphatic carbocycles. The molecule has 1 atom stereocenters. The molecule has 5 nitrogen and oxygen atoms in total. The molecule has 1 aromatic carbocycles. The smallest absolute Gasteiger partial charge is 0.265 e. The van der Waals surface area contributed by atoms with E-state index in [2.05, 4.69) is 10.6 Å². The molecule has 1 amide bonds. The van der Waals surface area contributed by atoms with Gasteiger partial charge in [-0.1, -0.05) is 6.07 Å². The largest absolute Gasteiger partial charge is 0.479 e. The lowest BCUT2D eigenvalue weighted by Gasteiger charge is -2.23. The molecule has 2 rings (SSSR count). The fourth-order valence-corrected chi connectivity index (χ4v) is 1.79. The zero-order valence-electron chi connectivity index (χ0n) is 10.2. The minimum atomic E-state index is -0.444. The van der Waals surface area contributed by atoms with E-state index in [0.717, 1.165) is 24.2 Å². The summed E-state index contributed by atoms with van der Waals surface area (Å²) >= 11 is 0. The molecule has 0 fully saturated rings. The number of hydrogen-bond acceptors (Lipinski definition) is 4. The number of rotatable bonds is 4. The molecule has 1 aliphatic heterocycles. The highest BCUT2D eigenvalue weighted by Crippen LogP contribution is 2.30. The standard InChI is InChI=1S/C13H15N3O2/c1-9-13(17)16-11-8-10(2-3-12(11)18-9)4-6-15-7-5-14/h2-3,8-9,15H,4,6-7H2,1H3,(H,16,17). The summed E-state index contributed by atoms with van der Waals surface area (Å²) in [7, 11) is 0. The number of nitrogens with one attached hydrogen (secondary N) is 2. The lowest BCUT2D eigenvalue weighted by atomic mass is 10.1. The van der Waals surface area contributed by atoms with Crippen LogP contribution in [-0.4, -0.2) is 25.1 Å². The van der Waals surface area contributed by atoms with Gasteiger partial charge in [-0.3, -0.25) is 4.79 Å². The van der Waals surface area contributed by atoms with Crippen molar-refractivity contribution in [3.05, 3.63) is 23.8 Å². The van der Waals surface area contributed by atoms with Crippen molar-refractivity contribution in [1.82, 2.24) is 5.32 Å². The highest BCUT2D eigenvalue weighted by molar-refractivity contribution is 5.97. The number of benzene rings is 1. The predicted molar refractivity (Wildman–Crippen MR) is 67.3 cm³/mol. The first-order chi connectivity index (χ1) is 8.70. The number of nitrogens with zero attached hydrogens (tertiary/aromatic N) is 1. The molecule has 1 unspecified atom stereocenters. The van der Waals surface area contributed by atoms with Gasteiger partial charge in [-0.05, 0) is 31.0 Å². The van der Waals surface area contributed by atoms with Crippen molar-refractivity contribution in [3.8, 4) is 11.8 Å². The summed E-state index contributed by atoms with van der Waals surface area (Å²) in [5.41, 5.74) is 1.81. The number of ether oxygens (including phenoxy) is 1. The highest BCUT2D eigenvalue weighted by Gasteiger charge is 2.23. The summed E-state index contributed by atoms with van der Waals surface area (Å²) < 4.78 is 5.47. The van der Waals surface area contributed by atoms with E-state index in [4.69, 9.17) is 10.00 Å². The average Bonchev–Trinajstić information content (AvgIpc) is 2.36. The van der Waals surface area contributed by atoms with E-state index >= 15 is 0 Å². The summed E-state index contributed by atoms with van der Waals surface area (Å²) in [6.07, 6.45) is 0.362. The first kappa shape index (κ1) is 12.4. The van der Waals surface area contributed by atoms with Crippen molar-refractivity contribution in [2.45, 2.75) is 19.4 Å². The third-order valence-electron chi connectivity index (χ3n) is 2.77. The van der Waals surface area contributed by atoms with Crippen LogP contribution in [0.2, 0.25) is 0 Å². The van der Waals surface area contributed by atoms with Gasteiger partial charge < -0.3 is 15.4 Å². The van der Waals surface area contributed by atoms with E-state index in [1.165, 1.54) is 0 Å². The minimum Gasteiger partial charge on any atom is -0.479 e. The van der Waals surface area contributed by atoms with Crippen molar-refractivity contribution in [1.29, 1.82) is 5.26 Å². The van der Waals surface area contributed by atoms with Gasteiger partial charge in [0.2, 0.25) is 0 Å². The van der Waals surface area contributed by atoms with E-state index in [-0.39, 0.29) is 5.91 Å². The second-order valence-corrected chi connectivity index (χ2v) is 4.16. The quantitative estimate of drug-likeness (QED) is 0.614. The predicted octanol–water partition coefficient (Wildman–Crippen LogP) is 1.06. The summed E-state index contributed by atoms with van der Waals surface area (Å²) in [6, 6.07) is 7.77. The Labute approximate surface area is 106 Å². The lowest BCUT2D eigenvalue weighted by Crippen LogP contribution is -2.34. The Morgan fingerprint density at radius 1 is 1.56 bits per heavy atom. The van der Waals surface area contributed by atoms with Crippen molar-refractivity contribution < 1.29 is 9.53 Å². The van der Waals surface area contributed by atoms with Gasteiger partial charge in [0, 0.05) is 6.54 Å². The maximum Gasteiger partial charge on any atom is 0.265 e. The molecule has 0 saturated heterocycles. The van der Waals surface area contributed by atoms with Gasteiger partial charge in [-0.2, -0.15) is 5.26 Å². The van der Waals surface area contributed by atoms with Crippen LogP contribution in [0, 0.1) is 11.3 Å². The van der Waals surface area contributed by atoms with Crippen LogP contribution in [0.25, 0.3) is 0 Å². The van der Waals surface area contributed by atoms with E-state index in [1.807, 2.05) is 24.3 Å². The fourth-order valence-electron chi connectivity index (χ4n) is 1.79. The normalized spacial score (nSPS) is 17.3. The molecule has 94 valence electrons. The van der Waals surface area contributed by atoms with Gasteiger partial charge in [0.05, 0.1) is 18.3 Å². The Balaban J connectivity index is 2.02. The second kappa shape index (κ2) is 5.52. The molecule has 1 aliphatic rings. The molecular weight excluding hydrogens is 230 g/mol. The summed E-state index contributed by atoms with van der Waals surface area (Å²) in [4.78, 5) is 11.5. The number of amides is 1. The maximum absolute atomic E-state index is 11.5. The molecule has 0 saturated carbocycles. The molecule has 0 spiro atoms. The minimum absolute atomic E-state index is 0.123. The molecular formula is C13H15N3O2. The molecule has 2 N–H and O–H groups in total. The molecule has 5 heteroatoms. The van der Waals surface area contributed by atoms with Crippen molar-refractivity contribution in [3.63, 3.8) is 0 Å². The number of anilines is 1. The van der Waals surface area contributed by atoms with Crippen molar-refractivity contribution >= 4 is 11.6 Å². The van der Waals surface area contributed by atoms with Crippen LogP contribution < -0.4 is 15.4 Å². The SMILES string of the molecule is CC1Oc2ccc(CCNCC#N)cc2NC1=O. The Morgan fingerprint density at radius 3 is 3.17 bits per heavy atom. The van der Waals surface area contributed by atoms with Gasteiger partial charge >= 0.3 is 0 Å². The molecule has 1 aromatic rings. The lowest BCUT2D eigenvalue weighted by molar-refractivity contribution is -0.122. The van der Waals surface area contributed by atoms with E-state index in [1.54, 1.807) is 6.92 Å². The van der Waals surface area contributed by atoms with E-state index in [0.29, 0.717) is 12.3 Å². The molecule has 18 heavy (non-hydrogen) atoms. The zero-order chi connectivity index (χ0) is 13.0. The van der Waals surface area contributed by atoms with Crippen LogP contribution in [0.15, 0.2) is 18.2 Å². The van der Waals surface area contributed by atoms with Crippen LogP contribution in [0.4, 0.5) is 5.69 Å². The van der Waals surface area contributed by atoms with Gasteiger partial charge in [0.15, 0.2) is 6.10 Å². The molecule has 0 bridgehead atoms. The fraction of sp³-hybridized carbons (Fsp3) is 0.385. The summed E-state index contributed by atoms with van der Waals surface area (Å²) in [5.74, 6) is 0.582. The van der Waals surface area contributed by atoms with Crippen LogP contribution in [-0.2, 0) is 11.2 Å². The Hall–Kier alpha value is -2.06. The second-order valence-electron chi connectivity index (χ2n) is 4.16. The maximum atomic E-state index is 11.5. The zero-order valence-corrected chi connectivity index (χ0v) is 10.2.